The first-order chi connectivity index (χ1) is 8.84. The van der Waals surface area contributed by atoms with Gasteiger partial charge in [0, 0.05) is 6.04 Å². The molecule has 0 bridgehead atoms. The number of hydrogen-bond acceptors (Lipinski definition) is 2. The molecule has 1 aliphatic carbocycles. The van der Waals surface area contributed by atoms with E-state index < -0.39 is 5.97 Å². The van der Waals surface area contributed by atoms with Crippen LogP contribution in [-0.4, -0.2) is 30.1 Å². The Kier molecular flexibility index (Phi) is 3.68. The van der Waals surface area contributed by atoms with Gasteiger partial charge in [0.15, 0.2) is 0 Å². The van der Waals surface area contributed by atoms with Crippen molar-refractivity contribution in [1.82, 2.24) is 4.90 Å². The minimum Gasteiger partial charge on any atom is -0.481 e. The van der Waals surface area contributed by atoms with Crippen LogP contribution in [-0.2, 0) is 4.79 Å². The summed E-state index contributed by atoms with van der Waals surface area (Å²) in [6, 6.07) is 4.52. The maximum atomic E-state index is 11.1. The summed E-state index contributed by atoms with van der Waals surface area (Å²) in [5.41, 5.74) is 5.19. The van der Waals surface area contributed by atoms with Crippen molar-refractivity contribution in [2.75, 3.05) is 14.1 Å². The topological polar surface area (TPSA) is 40.5 Å². The predicted octanol–water partition coefficient (Wildman–Crippen LogP) is 2.94. The van der Waals surface area contributed by atoms with Gasteiger partial charge in [-0.15, -0.1) is 0 Å². The van der Waals surface area contributed by atoms with Gasteiger partial charge in [-0.05, 0) is 69.5 Å². The lowest BCUT2D eigenvalue weighted by atomic mass is 9.91. The van der Waals surface area contributed by atoms with Gasteiger partial charge in [0.05, 0.1) is 5.92 Å². The molecule has 1 saturated carbocycles. The number of aryl methyl sites for hydroxylation is 1. The van der Waals surface area contributed by atoms with Crippen LogP contribution in [0.4, 0.5) is 0 Å². The summed E-state index contributed by atoms with van der Waals surface area (Å²) in [7, 11) is 4.08. The number of benzene rings is 1. The van der Waals surface area contributed by atoms with E-state index in [1.54, 1.807) is 0 Å². The number of carboxylic acids is 1. The summed E-state index contributed by atoms with van der Waals surface area (Å²) in [5.74, 6) is -0.583. The number of carboxylic acid groups (broad SMARTS) is 1. The van der Waals surface area contributed by atoms with Gasteiger partial charge >= 0.3 is 5.97 Å². The average molecular weight is 261 g/mol. The Labute approximate surface area is 115 Å². The molecule has 104 valence electrons. The maximum Gasteiger partial charge on any atom is 0.306 e. The van der Waals surface area contributed by atoms with Gasteiger partial charge in [-0.3, -0.25) is 4.79 Å². The molecule has 1 aromatic carbocycles. The quantitative estimate of drug-likeness (QED) is 0.906. The molecule has 0 saturated heterocycles. The molecule has 0 aliphatic heterocycles. The maximum absolute atomic E-state index is 11.1. The predicted molar refractivity (Wildman–Crippen MR) is 76.3 cm³/mol. The van der Waals surface area contributed by atoms with Gasteiger partial charge in [-0.25, -0.2) is 0 Å². The zero-order valence-corrected chi connectivity index (χ0v) is 12.4. The summed E-state index contributed by atoms with van der Waals surface area (Å²) in [4.78, 5) is 13.3. The number of rotatable bonds is 4. The number of carbonyl (C=O) groups is 1. The monoisotopic (exact) mass is 261 g/mol. The van der Waals surface area contributed by atoms with E-state index >= 15 is 0 Å². The molecule has 0 heterocycles. The highest BCUT2D eigenvalue weighted by Crippen LogP contribution is 2.50. The Morgan fingerprint density at radius 2 is 1.89 bits per heavy atom. The largest absolute Gasteiger partial charge is 0.481 e. The third kappa shape index (κ3) is 2.52. The molecular formula is C16H23NO2. The SMILES string of the molecule is Cc1ccc(C(C2CC2C(=O)O)N(C)C)c(C)c1C. The normalized spacial score (nSPS) is 23.5. The zero-order valence-electron chi connectivity index (χ0n) is 12.4. The van der Waals surface area contributed by atoms with Crippen molar-refractivity contribution < 1.29 is 9.90 Å². The Hall–Kier alpha value is -1.35. The van der Waals surface area contributed by atoms with Crippen LogP contribution in [0, 0.1) is 32.6 Å². The van der Waals surface area contributed by atoms with Crippen molar-refractivity contribution >= 4 is 5.97 Å². The Bertz CT molecular complexity index is 508. The lowest BCUT2D eigenvalue weighted by molar-refractivity contribution is -0.139. The lowest BCUT2D eigenvalue weighted by Gasteiger charge is -2.27. The molecule has 0 amide bonds. The smallest absolute Gasteiger partial charge is 0.306 e. The van der Waals surface area contributed by atoms with Crippen LogP contribution >= 0.6 is 0 Å². The third-order valence-electron chi connectivity index (χ3n) is 4.54. The van der Waals surface area contributed by atoms with E-state index in [4.69, 9.17) is 5.11 Å². The number of aliphatic carboxylic acids is 1. The second-order valence-electron chi connectivity index (χ2n) is 5.97. The van der Waals surface area contributed by atoms with E-state index in [1.807, 2.05) is 14.1 Å². The van der Waals surface area contributed by atoms with Crippen LogP contribution in [0.2, 0.25) is 0 Å². The van der Waals surface area contributed by atoms with E-state index in [9.17, 15) is 4.79 Å². The van der Waals surface area contributed by atoms with Crippen LogP contribution in [0.3, 0.4) is 0 Å². The van der Waals surface area contributed by atoms with Crippen molar-refractivity contribution in [2.45, 2.75) is 33.2 Å². The lowest BCUT2D eigenvalue weighted by Crippen LogP contribution is -2.24. The van der Waals surface area contributed by atoms with Crippen molar-refractivity contribution in [3.63, 3.8) is 0 Å². The standard InChI is InChI=1S/C16H23NO2/c1-9-6-7-12(11(3)10(9)2)15(17(4)5)13-8-14(13)16(18)19/h6-7,13-15H,8H2,1-5H3,(H,18,19). The van der Waals surface area contributed by atoms with Gasteiger partial charge in [-0.2, -0.15) is 0 Å². The molecule has 3 nitrogen and oxygen atoms in total. The Morgan fingerprint density at radius 3 is 2.37 bits per heavy atom. The molecule has 3 atom stereocenters. The van der Waals surface area contributed by atoms with Gasteiger partial charge in [0.1, 0.15) is 0 Å². The number of hydrogen-bond donors (Lipinski definition) is 1. The molecule has 0 aromatic heterocycles. The fourth-order valence-corrected chi connectivity index (χ4v) is 3.04. The highest BCUT2D eigenvalue weighted by atomic mass is 16.4. The summed E-state index contributed by atoms with van der Waals surface area (Å²) < 4.78 is 0. The molecule has 0 radical (unpaired) electrons. The van der Waals surface area contributed by atoms with Gasteiger partial charge < -0.3 is 10.0 Å². The molecule has 1 N–H and O–H groups in total. The van der Waals surface area contributed by atoms with E-state index in [0.717, 1.165) is 6.42 Å². The molecule has 1 aliphatic rings. The first kappa shape index (κ1) is 14.1. The number of nitrogens with zero attached hydrogens (tertiary/aromatic N) is 1. The van der Waals surface area contributed by atoms with E-state index in [1.165, 1.54) is 22.3 Å². The summed E-state index contributed by atoms with van der Waals surface area (Å²) in [6.45, 7) is 6.41. The minimum absolute atomic E-state index is 0.173. The molecule has 3 heteroatoms. The first-order valence-electron chi connectivity index (χ1n) is 6.80. The van der Waals surface area contributed by atoms with E-state index in [-0.39, 0.29) is 17.9 Å². The van der Waals surface area contributed by atoms with Crippen LogP contribution in [0.25, 0.3) is 0 Å². The minimum atomic E-state index is -0.654. The average Bonchev–Trinajstić information content (AvgIpc) is 3.09. The molecule has 1 fully saturated rings. The summed E-state index contributed by atoms with van der Waals surface area (Å²) in [6.07, 6.45) is 0.796. The molecule has 1 aromatic rings. The molecule has 2 rings (SSSR count). The van der Waals surface area contributed by atoms with Gasteiger partial charge in [0.2, 0.25) is 0 Å². The molecule has 19 heavy (non-hydrogen) atoms. The van der Waals surface area contributed by atoms with Gasteiger partial charge in [-0.1, -0.05) is 12.1 Å². The third-order valence-corrected chi connectivity index (χ3v) is 4.54. The highest BCUT2D eigenvalue weighted by Gasteiger charge is 2.49. The highest BCUT2D eigenvalue weighted by molar-refractivity contribution is 5.73. The second kappa shape index (κ2) is 4.97. The zero-order chi connectivity index (χ0) is 14.3. The Morgan fingerprint density at radius 1 is 1.26 bits per heavy atom. The van der Waals surface area contributed by atoms with Crippen LogP contribution in [0.1, 0.15) is 34.7 Å². The van der Waals surface area contributed by atoms with Crippen LogP contribution < -0.4 is 0 Å². The van der Waals surface area contributed by atoms with Gasteiger partial charge in [0.25, 0.3) is 0 Å². The van der Waals surface area contributed by atoms with Crippen molar-refractivity contribution in [1.29, 1.82) is 0 Å². The van der Waals surface area contributed by atoms with Crippen molar-refractivity contribution in [3.8, 4) is 0 Å². The first-order valence-corrected chi connectivity index (χ1v) is 6.80. The molecule has 0 spiro atoms. The van der Waals surface area contributed by atoms with Crippen molar-refractivity contribution in [3.05, 3.63) is 34.4 Å². The second-order valence-corrected chi connectivity index (χ2v) is 5.97. The van der Waals surface area contributed by atoms with E-state index in [2.05, 4.69) is 37.8 Å². The van der Waals surface area contributed by atoms with Crippen LogP contribution in [0.15, 0.2) is 12.1 Å². The van der Waals surface area contributed by atoms with Crippen LogP contribution in [0.5, 0.6) is 0 Å². The summed E-state index contributed by atoms with van der Waals surface area (Å²) >= 11 is 0. The Balaban J connectivity index is 2.36. The summed E-state index contributed by atoms with van der Waals surface area (Å²) in [5, 5.41) is 9.15. The molecule has 3 unspecified atom stereocenters. The van der Waals surface area contributed by atoms with E-state index in [0.29, 0.717) is 0 Å². The molecular weight excluding hydrogens is 238 g/mol. The fraction of sp³-hybridized carbons (Fsp3) is 0.562. The van der Waals surface area contributed by atoms with Crippen molar-refractivity contribution in [2.24, 2.45) is 11.8 Å². The fourth-order valence-electron chi connectivity index (χ4n) is 3.04.